The van der Waals surface area contributed by atoms with Crippen molar-refractivity contribution in [1.29, 1.82) is 5.26 Å². The Bertz CT molecular complexity index is 733. The molecule has 2 rings (SSSR count). The summed E-state index contributed by atoms with van der Waals surface area (Å²) in [4.78, 5) is 1.24. The molecule has 0 N–H and O–H groups in total. The highest BCUT2D eigenvalue weighted by atomic mass is 32.2. The predicted octanol–water partition coefficient (Wildman–Crippen LogP) is 4.99. The van der Waals surface area contributed by atoms with E-state index in [-0.39, 0.29) is 5.56 Å². The molecular weight excluding hydrogens is 293 g/mol. The first-order valence-corrected chi connectivity index (χ1v) is 8.16. The number of hydrogen-bond donors (Lipinski definition) is 0. The molecule has 0 aliphatic carbocycles. The summed E-state index contributed by atoms with van der Waals surface area (Å²) >= 11 is 1.85. The lowest BCUT2D eigenvalue weighted by atomic mass is 10.1. The van der Waals surface area contributed by atoms with Gasteiger partial charge in [-0.25, -0.2) is 4.39 Å². The smallest absolute Gasteiger partial charge is 0.142 e. The molecule has 1 nitrogen and oxygen atoms in total. The van der Waals surface area contributed by atoms with Crippen LogP contribution >= 0.6 is 11.8 Å². The van der Waals surface area contributed by atoms with Crippen molar-refractivity contribution in [2.24, 2.45) is 0 Å². The van der Waals surface area contributed by atoms with Crippen molar-refractivity contribution in [3.05, 3.63) is 65.0 Å². The molecule has 2 aromatic carbocycles. The average Bonchev–Trinajstić information content (AvgIpc) is 2.54. The second-order valence-corrected chi connectivity index (χ2v) is 5.95. The Hall–Kier alpha value is -2.23. The van der Waals surface area contributed by atoms with Gasteiger partial charge in [0.2, 0.25) is 0 Å². The molecule has 0 amide bonds. The van der Waals surface area contributed by atoms with Crippen LogP contribution in [0.15, 0.2) is 47.4 Å². The molecule has 0 saturated heterocycles. The van der Waals surface area contributed by atoms with Crippen LogP contribution in [0.25, 0.3) is 0 Å². The maximum atomic E-state index is 13.5. The first kappa shape index (κ1) is 16.1. The van der Waals surface area contributed by atoms with E-state index in [4.69, 9.17) is 5.26 Å². The van der Waals surface area contributed by atoms with Gasteiger partial charge in [0.15, 0.2) is 0 Å². The Morgan fingerprint density at radius 1 is 1.05 bits per heavy atom. The standard InChI is InChI=1S/C19H16FNS/c1-2-3-12-22-18-10-7-15(8-11-18)4-5-16-6-9-17(14-21)19(20)13-16/h6-11,13H,2-3,12H2,1H3. The van der Waals surface area contributed by atoms with Gasteiger partial charge in [-0.2, -0.15) is 5.26 Å². The van der Waals surface area contributed by atoms with Crippen molar-refractivity contribution in [2.45, 2.75) is 24.7 Å². The lowest BCUT2D eigenvalue weighted by Gasteiger charge is -2.00. The van der Waals surface area contributed by atoms with E-state index < -0.39 is 5.82 Å². The van der Waals surface area contributed by atoms with Crippen LogP contribution < -0.4 is 0 Å². The highest BCUT2D eigenvalue weighted by Gasteiger charge is 2.00. The number of nitriles is 1. The van der Waals surface area contributed by atoms with E-state index in [2.05, 4.69) is 30.9 Å². The summed E-state index contributed by atoms with van der Waals surface area (Å²) in [6.45, 7) is 2.19. The van der Waals surface area contributed by atoms with Crippen LogP contribution in [-0.2, 0) is 0 Å². The molecule has 0 heterocycles. The highest BCUT2D eigenvalue weighted by Crippen LogP contribution is 2.19. The molecule has 110 valence electrons. The zero-order chi connectivity index (χ0) is 15.8. The topological polar surface area (TPSA) is 23.8 Å². The molecule has 0 bridgehead atoms. The van der Waals surface area contributed by atoms with Crippen LogP contribution in [0.3, 0.4) is 0 Å². The van der Waals surface area contributed by atoms with Crippen LogP contribution in [0.5, 0.6) is 0 Å². The zero-order valence-corrected chi connectivity index (χ0v) is 13.2. The first-order chi connectivity index (χ1) is 10.7. The summed E-state index contributed by atoms with van der Waals surface area (Å²) in [5, 5.41) is 8.69. The van der Waals surface area contributed by atoms with Gasteiger partial charge in [-0.3, -0.25) is 0 Å². The predicted molar refractivity (Wildman–Crippen MR) is 89.2 cm³/mol. The molecule has 0 aliphatic rings. The molecule has 0 fully saturated rings. The fraction of sp³-hybridized carbons (Fsp3) is 0.211. The lowest BCUT2D eigenvalue weighted by Crippen LogP contribution is -1.85. The molecule has 2 aromatic rings. The summed E-state index contributed by atoms with van der Waals surface area (Å²) in [5.41, 5.74) is 1.50. The normalized spacial score (nSPS) is 9.68. The van der Waals surface area contributed by atoms with Crippen LogP contribution in [0.4, 0.5) is 4.39 Å². The third kappa shape index (κ3) is 4.65. The maximum absolute atomic E-state index is 13.5. The largest absolute Gasteiger partial charge is 0.206 e. The van der Waals surface area contributed by atoms with E-state index in [0.29, 0.717) is 5.56 Å². The Morgan fingerprint density at radius 2 is 1.73 bits per heavy atom. The highest BCUT2D eigenvalue weighted by molar-refractivity contribution is 7.99. The lowest BCUT2D eigenvalue weighted by molar-refractivity contribution is 0.623. The van der Waals surface area contributed by atoms with E-state index >= 15 is 0 Å². The third-order valence-corrected chi connectivity index (χ3v) is 4.16. The first-order valence-electron chi connectivity index (χ1n) is 7.17. The summed E-state index contributed by atoms with van der Waals surface area (Å²) in [6.07, 6.45) is 2.42. The fourth-order valence-corrected chi connectivity index (χ4v) is 2.79. The van der Waals surface area contributed by atoms with Crippen molar-refractivity contribution in [1.82, 2.24) is 0 Å². The second-order valence-electron chi connectivity index (χ2n) is 4.78. The number of hydrogen-bond acceptors (Lipinski definition) is 2. The number of rotatable bonds is 4. The molecule has 0 unspecified atom stereocenters. The number of halogens is 1. The summed E-state index contributed by atoms with van der Waals surface area (Å²) in [7, 11) is 0. The Kier molecular flexibility index (Phi) is 6.07. The van der Waals surface area contributed by atoms with Crippen LogP contribution in [0.2, 0.25) is 0 Å². The molecule has 0 saturated carbocycles. The van der Waals surface area contributed by atoms with Crippen molar-refractivity contribution in [2.75, 3.05) is 5.75 Å². The van der Waals surface area contributed by atoms with Crippen molar-refractivity contribution in [3.63, 3.8) is 0 Å². The summed E-state index contributed by atoms with van der Waals surface area (Å²) in [5.74, 6) is 6.53. The quantitative estimate of drug-likeness (QED) is 0.451. The van der Waals surface area contributed by atoms with Gasteiger partial charge in [-0.1, -0.05) is 25.2 Å². The van der Waals surface area contributed by atoms with Gasteiger partial charge in [-0.15, -0.1) is 11.8 Å². The minimum atomic E-state index is -0.531. The van der Waals surface area contributed by atoms with E-state index in [1.807, 2.05) is 23.9 Å². The van der Waals surface area contributed by atoms with Crippen LogP contribution in [0, 0.1) is 29.0 Å². The van der Waals surface area contributed by atoms with Gasteiger partial charge >= 0.3 is 0 Å². The number of thioether (sulfide) groups is 1. The Balaban J connectivity index is 2.05. The minimum Gasteiger partial charge on any atom is -0.206 e. The SMILES string of the molecule is CCCCSc1ccc(C#Cc2ccc(C#N)c(F)c2)cc1. The molecule has 3 heteroatoms. The zero-order valence-electron chi connectivity index (χ0n) is 12.4. The molecule has 0 aliphatic heterocycles. The van der Waals surface area contributed by atoms with Crippen LogP contribution in [-0.4, -0.2) is 5.75 Å². The van der Waals surface area contributed by atoms with E-state index in [1.54, 1.807) is 12.1 Å². The maximum Gasteiger partial charge on any atom is 0.142 e. The molecule has 0 atom stereocenters. The Labute approximate surface area is 135 Å². The van der Waals surface area contributed by atoms with Gasteiger partial charge in [0, 0.05) is 16.0 Å². The monoisotopic (exact) mass is 309 g/mol. The second kappa shape index (κ2) is 8.27. The molecule has 0 radical (unpaired) electrons. The van der Waals surface area contributed by atoms with Gasteiger partial charge in [0.25, 0.3) is 0 Å². The average molecular weight is 309 g/mol. The number of nitrogens with zero attached hydrogens (tertiary/aromatic N) is 1. The molecule has 0 spiro atoms. The van der Waals surface area contributed by atoms with Crippen LogP contribution in [0.1, 0.15) is 36.5 Å². The summed E-state index contributed by atoms with van der Waals surface area (Å²) in [6, 6.07) is 14.3. The molecular formula is C19H16FNS. The summed E-state index contributed by atoms with van der Waals surface area (Å²) < 4.78 is 13.5. The molecule has 22 heavy (non-hydrogen) atoms. The van der Waals surface area contributed by atoms with E-state index in [1.165, 1.54) is 29.9 Å². The van der Waals surface area contributed by atoms with E-state index in [9.17, 15) is 4.39 Å². The number of benzene rings is 2. The van der Waals surface area contributed by atoms with Gasteiger partial charge in [0.05, 0.1) is 5.56 Å². The molecule has 0 aromatic heterocycles. The van der Waals surface area contributed by atoms with Gasteiger partial charge in [0.1, 0.15) is 11.9 Å². The van der Waals surface area contributed by atoms with E-state index in [0.717, 1.165) is 11.3 Å². The minimum absolute atomic E-state index is 0.0407. The van der Waals surface area contributed by atoms with Crippen molar-refractivity contribution in [3.8, 4) is 17.9 Å². The van der Waals surface area contributed by atoms with Gasteiger partial charge in [-0.05, 0) is 54.6 Å². The van der Waals surface area contributed by atoms with Crippen molar-refractivity contribution < 1.29 is 4.39 Å². The van der Waals surface area contributed by atoms with Gasteiger partial charge < -0.3 is 0 Å². The Morgan fingerprint density at radius 3 is 2.36 bits per heavy atom. The third-order valence-electron chi connectivity index (χ3n) is 3.06. The fourth-order valence-electron chi connectivity index (χ4n) is 1.80. The number of unbranched alkanes of at least 4 members (excludes halogenated alkanes) is 1. The van der Waals surface area contributed by atoms with Crippen molar-refractivity contribution >= 4 is 11.8 Å².